The van der Waals surface area contributed by atoms with Gasteiger partial charge < -0.3 is 10.6 Å². The Morgan fingerprint density at radius 3 is 2.88 bits per heavy atom. The van der Waals surface area contributed by atoms with E-state index in [2.05, 4.69) is 22.4 Å². The molecular weight excluding hydrogens is 326 g/mol. The van der Waals surface area contributed by atoms with Gasteiger partial charge in [0.15, 0.2) is 0 Å². The molecule has 1 aliphatic heterocycles. The fourth-order valence-electron chi connectivity index (χ4n) is 3.11. The van der Waals surface area contributed by atoms with E-state index in [1.807, 2.05) is 4.90 Å². The highest BCUT2D eigenvalue weighted by Gasteiger charge is 2.44. The van der Waals surface area contributed by atoms with Crippen molar-refractivity contribution in [1.82, 2.24) is 4.90 Å². The minimum Gasteiger partial charge on any atom is -0.384 e. The van der Waals surface area contributed by atoms with Gasteiger partial charge in [0.2, 0.25) is 5.91 Å². The Labute approximate surface area is 146 Å². The zero-order chi connectivity index (χ0) is 17.1. The van der Waals surface area contributed by atoms with Crippen LogP contribution in [-0.2, 0) is 4.79 Å². The summed E-state index contributed by atoms with van der Waals surface area (Å²) in [7, 11) is 0. The van der Waals surface area contributed by atoms with E-state index in [4.69, 9.17) is 17.3 Å². The molecule has 1 heterocycles. The standard InChI is InChI=1S/C17H22ClN5O/c1-11-9-14(11)17(24)23-8-3-2-7-15(23)16(19)21-22-20-13-6-4-5-12(18)10-13/h4-6,10-11,14-15H,2-3,7-9H2,1H3,(H2,19,20,21). The van der Waals surface area contributed by atoms with Crippen LogP contribution in [0.15, 0.2) is 39.7 Å². The third kappa shape index (κ3) is 3.93. The van der Waals surface area contributed by atoms with Gasteiger partial charge in [-0.15, -0.1) is 10.2 Å². The van der Waals surface area contributed by atoms with Crippen LogP contribution in [0, 0.1) is 11.8 Å². The molecule has 0 spiro atoms. The molecule has 0 radical (unpaired) electrons. The molecule has 1 saturated carbocycles. The van der Waals surface area contributed by atoms with Crippen molar-refractivity contribution in [3.8, 4) is 0 Å². The van der Waals surface area contributed by atoms with E-state index >= 15 is 0 Å². The first kappa shape index (κ1) is 16.9. The van der Waals surface area contributed by atoms with Gasteiger partial charge in [-0.2, -0.15) is 0 Å². The molecule has 2 fully saturated rings. The Bertz CT molecular complexity index is 675. The molecule has 3 unspecified atom stereocenters. The van der Waals surface area contributed by atoms with E-state index in [9.17, 15) is 4.79 Å². The van der Waals surface area contributed by atoms with Gasteiger partial charge in [-0.05, 0) is 55.0 Å². The summed E-state index contributed by atoms with van der Waals surface area (Å²) in [6.45, 7) is 2.85. The fourth-order valence-corrected chi connectivity index (χ4v) is 3.30. The van der Waals surface area contributed by atoms with Crippen LogP contribution in [0.4, 0.5) is 5.69 Å². The highest BCUT2D eigenvalue weighted by molar-refractivity contribution is 6.30. The monoisotopic (exact) mass is 347 g/mol. The maximum absolute atomic E-state index is 12.6. The normalized spacial score (nSPS) is 27.5. The lowest BCUT2D eigenvalue weighted by atomic mass is 10.0. The van der Waals surface area contributed by atoms with Crippen LogP contribution in [0.3, 0.4) is 0 Å². The van der Waals surface area contributed by atoms with Crippen molar-refractivity contribution in [1.29, 1.82) is 0 Å². The van der Waals surface area contributed by atoms with Crippen LogP contribution in [-0.4, -0.2) is 29.2 Å². The van der Waals surface area contributed by atoms with Gasteiger partial charge >= 0.3 is 0 Å². The van der Waals surface area contributed by atoms with Crippen LogP contribution >= 0.6 is 11.6 Å². The van der Waals surface area contributed by atoms with Gasteiger partial charge in [0, 0.05) is 17.5 Å². The molecule has 0 aromatic heterocycles. The van der Waals surface area contributed by atoms with Crippen molar-refractivity contribution in [2.75, 3.05) is 6.54 Å². The summed E-state index contributed by atoms with van der Waals surface area (Å²) in [5, 5.41) is 12.4. The smallest absolute Gasteiger partial charge is 0.226 e. The van der Waals surface area contributed by atoms with Crippen molar-refractivity contribution >= 4 is 29.0 Å². The molecule has 3 atom stereocenters. The fraction of sp³-hybridized carbons (Fsp3) is 0.529. The zero-order valence-corrected chi connectivity index (χ0v) is 14.5. The molecule has 6 nitrogen and oxygen atoms in total. The quantitative estimate of drug-likeness (QED) is 0.389. The molecule has 1 aliphatic carbocycles. The number of carbonyl (C=O) groups excluding carboxylic acids is 1. The lowest BCUT2D eigenvalue weighted by molar-refractivity contribution is -0.135. The summed E-state index contributed by atoms with van der Waals surface area (Å²) in [6, 6.07) is 6.87. The predicted octanol–water partition coefficient (Wildman–Crippen LogP) is 3.73. The Balaban J connectivity index is 1.69. The maximum Gasteiger partial charge on any atom is 0.226 e. The number of benzene rings is 1. The zero-order valence-electron chi connectivity index (χ0n) is 13.7. The number of carbonyl (C=O) groups is 1. The molecule has 1 aromatic carbocycles. The molecule has 2 aliphatic rings. The van der Waals surface area contributed by atoms with Gasteiger partial charge in [0.1, 0.15) is 5.84 Å². The number of rotatable bonds is 4. The van der Waals surface area contributed by atoms with Crippen molar-refractivity contribution in [2.45, 2.75) is 38.6 Å². The number of amides is 1. The molecular formula is C17H22ClN5O. The Kier molecular flexibility index (Phi) is 5.14. The molecule has 1 saturated heterocycles. The van der Waals surface area contributed by atoms with Gasteiger partial charge in [-0.3, -0.25) is 4.79 Å². The number of hydrogen-bond donors (Lipinski definition) is 1. The first-order valence-corrected chi connectivity index (χ1v) is 8.74. The SMILES string of the molecule is CC1CC1C(=O)N1CCCCC1C(N)=NN=Nc1cccc(Cl)c1. The van der Waals surface area contributed by atoms with Crippen molar-refractivity contribution in [2.24, 2.45) is 33.0 Å². The summed E-state index contributed by atoms with van der Waals surface area (Å²) < 4.78 is 0. The largest absolute Gasteiger partial charge is 0.384 e. The minimum absolute atomic E-state index is 0.159. The van der Waals surface area contributed by atoms with E-state index in [-0.39, 0.29) is 17.9 Å². The highest BCUT2D eigenvalue weighted by Crippen LogP contribution is 2.40. The summed E-state index contributed by atoms with van der Waals surface area (Å²) >= 11 is 5.90. The Morgan fingerprint density at radius 1 is 1.38 bits per heavy atom. The second-order valence-electron chi connectivity index (χ2n) is 6.56. The molecule has 3 rings (SSSR count). The molecule has 24 heavy (non-hydrogen) atoms. The molecule has 2 N–H and O–H groups in total. The average Bonchev–Trinajstić information content (AvgIpc) is 3.31. The molecule has 0 bridgehead atoms. The summed E-state index contributed by atoms with van der Waals surface area (Å²) in [4.78, 5) is 14.4. The summed E-state index contributed by atoms with van der Waals surface area (Å²) in [6.07, 6.45) is 3.86. The van der Waals surface area contributed by atoms with E-state index in [0.717, 1.165) is 32.2 Å². The minimum atomic E-state index is -0.169. The molecule has 1 aromatic rings. The Hall–Kier alpha value is -1.95. The van der Waals surface area contributed by atoms with Gasteiger partial charge in [-0.25, -0.2) is 0 Å². The topological polar surface area (TPSA) is 83.4 Å². The van der Waals surface area contributed by atoms with E-state index < -0.39 is 0 Å². The van der Waals surface area contributed by atoms with Crippen molar-refractivity contribution in [3.05, 3.63) is 29.3 Å². The molecule has 7 heteroatoms. The van der Waals surface area contributed by atoms with Crippen molar-refractivity contribution < 1.29 is 4.79 Å². The van der Waals surface area contributed by atoms with Crippen LogP contribution < -0.4 is 5.73 Å². The number of nitrogens with zero attached hydrogens (tertiary/aromatic N) is 4. The van der Waals surface area contributed by atoms with Gasteiger partial charge in [0.05, 0.1) is 11.7 Å². The number of piperidine rings is 1. The maximum atomic E-state index is 12.6. The predicted molar refractivity (Wildman–Crippen MR) is 94.2 cm³/mol. The Morgan fingerprint density at radius 2 is 2.17 bits per heavy atom. The van der Waals surface area contributed by atoms with Crippen LogP contribution in [0.25, 0.3) is 0 Å². The second kappa shape index (κ2) is 7.30. The summed E-state index contributed by atoms with van der Waals surface area (Å²) in [5.41, 5.74) is 6.72. The van der Waals surface area contributed by atoms with E-state index in [0.29, 0.717) is 22.5 Å². The number of halogens is 1. The number of likely N-dealkylation sites (tertiary alicyclic amines) is 1. The first-order valence-electron chi connectivity index (χ1n) is 8.36. The third-order valence-corrected chi connectivity index (χ3v) is 4.92. The molecule has 128 valence electrons. The number of amidine groups is 1. The lowest BCUT2D eigenvalue weighted by Gasteiger charge is -2.35. The second-order valence-corrected chi connectivity index (χ2v) is 6.99. The van der Waals surface area contributed by atoms with Crippen molar-refractivity contribution in [3.63, 3.8) is 0 Å². The van der Waals surface area contributed by atoms with Crippen LogP contribution in [0.5, 0.6) is 0 Å². The molecule has 1 amide bonds. The average molecular weight is 348 g/mol. The van der Waals surface area contributed by atoms with Crippen LogP contribution in [0.2, 0.25) is 5.02 Å². The highest BCUT2D eigenvalue weighted by atomic mass is 35.5. The summed E-state index contributed by atoms with van der Waals surface area (Å²) in [5.74, 6) is 1.20. The number of hydrogen-bond acceptors (Lipinski definition) is 3. The van der Waals surface area contributed by atoms with E-state index in [1.54, 1.807) is 24.3 Å². The third-order valence-electron chi connectivity index (χ3n) is 4.68. The van der Waals surface area contributed by atoms with Gasteiger partial charge in [-0.1, -0.05) is 24.6 Å². The lowest BCUT2D eigenvalue weighted by Crippen LogP contribution is -2.51. The van der Waals surface area contributed by atoms with E-state index in [1.165, 1.54) is 0 Å². The van der Waals surface area contributed by atoms with Gasteiger partial charge in [0.25, 0.3) is 0 Å². The number of nitrogens with two attached hydrogens (primary N) is 1. The first-order chi connectivity index (χ1) is 11.6. The van der Waals surface area contributed by atoms with Crippen LogP contribution in [0.1, 0.15) is 32.6 Å².